The third kappa shape index (κ3) is 6.71. The molecule has 2 rings (SSSR count). The fourth-order valence-electron chi connectivity index (χ4n) is 2.19. The molecule has 5 nitrogen and oxygen atoms in total. The van der Waals surface area contributed by atoms with Crippen molar-refractivity contribution in [2.24, 2.45) is 10.7 Å². The van der Waals surface area contributed by atoms with Crippen LogP contribution in [0.25, 0.3) is 0 Å². The standard InChI is InChI=1S/C19H25N3O2/c1-23-12-13-24-18-9-5-8-17(14-18)15-22-19(20)21-11-10-16-6-3-2-4-7-16/h2-9,14H,10-13,15H2,1H3,(H3,20,21,22). The lowest BCUT2D eigenvalue weighted by Crippen LogP contribution is -2.33. The lowest BCUT2D eigenvalue weighted by molar-refractivity contribution is 0.146. The molecule has 0 aliphatic heterocycles. The summed E-state index contributed by atoms with van der Waals surface area (Å²) < 4.78 is 10.6. The molecule has 5 heteroatoms. The number of ether oxygens (including phenoxy) is 2. The Kier molecular flexibility index (Phi) is 7.63. The molecular formula is C19H25N3O2. The average Bonchev–Trinajstić information content (AvgIpc) is 2.62. The van der Waals surface area contributed by atoms with E-state index in [4.69, 9.17) is 15.2 Å². The van der Waals surface area contributed by atoms with Gasteiger partial charge in [-0.25, -0.2) is 4.99 Å². The number of nitrogens with one attached hydrogen (secondary N) is 1. The molecule has 128 valence electrons. The molecule has 0 aliphatic rings. The van der Waals surface area contributed by atoms with Crippen LogP contribution in [0, 0.1) is 0 Å². The Bertz CT molecular complexity index is 630. The Balaban J connectivity index is 1.76. The number of methoxy groups -OCH3 is 1. The smallest absolute Gasteiger partial charge is 0.188 e. The molecule has 0 bridgehead atoms. The van der Waals surface area contributed by atoms with Gasteiger partial charge in [0.25, 0.3) is 0 Å². The number of guanidine groups is 1. The summed E-state index contributed by atoms with van der Waals surface area (Å²) in [7, 11) is 1.65. The van der Waals surface area contributed by atoms with E-state index in [1.807, 2.05) is 42.5 Å². The highest BCUT2D eigenvalue weighted by Gasteiger charge is 1.98. The van der Waals surface area contributed by atoms with Crippen LogP contribution in [0.3, 0.4) is 0 Å². The van der Waals surface area contributed by atoms with Crippen LogP contribution in [0.15, 0.2) is 59.6 Å². The third-order valence-corrected chi connectivity index (χ3v) is 3.45. The van der Waals surface area contributed by atoms with Gasteiger partial charge in [0.15, 0.2) is 5.96 Å². The minimum atomic E-state index is 0.455. The van der Waals surface area contributed by atoms with Gasteiger partial charge in [-0.1, -0.05) is 42.5 Å². The highest BCUT2D eigenvalue weighted by Crippen LogP contribution is 2.13. The molecule has 24 heavy (non-hydrogen) atoms. The fraction of sp³-hybridized carbons (Fsp3) is 0.316. The van der Waals surface area contributed by atoms with Crippen molar-refractivity contribution in [3.05, 3.63) is 65.7 Å². The van der Waals surface area contributed by atoms with Crippen molar-refractivity contribution in [2.75, 3.05) is 26.9 Å². The summed E-state index contributed by atoms with van der Waals surface area (Å²) in [5.41, 5.74) is 8.24. The number of hydrogen-bond acceptors (Lipinski definition) is 3. The van der Waals surface area contributed by atoms with Crippen LogP contribution in [0.5, 0.6) is 5.75 Å². The molecule has 2 aromatic carbocycles. The zero-order valence-corrected chi connectivity index (χ0v) is 14.1. The average molecular weight is 327 g/mol. The first-order valence-electron chi connectivity index (χ1n) is 8.06. The first-order chi connectivity index (χ1) is 11.8. The predicted octanol–water partition coefficient (Wildman–Crippen LogP) is 2.36. The molecule has 0 fully saturated rings. The first kappa shape index (κ1) is 17.8. The molecule has 0 radical (unpaired) electrons. The van der Waals surface area contributed by atoms with E-state index in [1.165, 1.54) is 5.56 Å². The van der Waals surface area contributed by atoms with Crippen LogP contribution in [0.2, 0.25) is 0 Å². The Hall–Kier alpha value is -2.53. The Labute approximate surface area is 143 Å². The van der Waals surface area contributed by atoms with Crippen LogP contribution in [-0.4, -0.2) is 32.8 Å². The van der Waals surface area contributed by atoms with E-state index in [9.17, 15) is 0 Å². The van der Waals surface area contributed by atoms with E-state index >= 15 is 0 Å². The van der Waals surface area contributed by atoms with Crippen molar-refractivity contribution >= 4 is 5.96 Å². The topological polar surface area (TPSA) is 68.9 Å². The van der Waals surface area contributed by atoms with E-state index < -0.39 is 0 Å². The van der Waals surface area contributed by atoms with Gasteiger partial charge in [-0.3, -0.25) is 0 Å². The number of aliphatic imine (C=N–C) groups is 1. The Morgan fingerprint density at radius 3 is 2.62 bits per heavy atom. The lowest BCUT2D eigenvalue weighted by Gasteiger charge is -2.08. The fourth-order valence-corrected chi connectivity index (χ4v) is 2.19. The van der Waals surface area contributed by atoms with Gasteiger partial charge in [-0.05, 0) is 29.7 Å². The van der Waals surface area contributed by atoms with Crippen molar-refractivity contribution in [1.29, 1.82) is 0 Å². The molecule has 0 saturated heterocycles. The molecule has 2 aromatic rings. The van der Waals surface area contributed by atoms with Crippen molar-refractivity contribution in [3.63, 3.8) is 0 Å². The van der Waals surface area contributed by atoms with Gasteiger partial charge in [0.2, 0.25) is 0 Å². The van der Waals surface area contributed by atoms with E-state index in [-0.39, 0.29) is 0 Å². The quantitative estimate of drug-likeness (QED) is 0.421. The van der Waals surface area contributed by atoms with E-state index in [0.29, 0.717) is 25.7 Å². The van der Waals surface area contributed by atoms with Crippen molar-refractivity contribution in [3.8, 4) is 5.75 Å². The third-order valence-electron chi connectivity index (χ3n) is 3.45. The summed E-state index contributed by atoms with van der Waals surface area (Å²) in [6, 6.07) is 18.1. The summed E-state index contributed by atoms with van der Waals surface area (Å²) in [5, 5.41) is 3.14. The Morgan fingerprint density at radius 2 is 1.83 bits per heavy atom. The van der Waals surface area contributed by atoms with E-state index in [0.717, 1.165) is 24.3 Å². The van der Waals surface area contributed by atoms with Crippen LogP contribution >= 0.6 is 0 Å². The van der Waals surface area contributed by atoms with Gasteiger partial charge >= 0.3 is 0 Å². The second-order valence-corrected chi connectivity index (χ2v) is 5.35. The minimum Gasteiger partial charge on any atom is -0.491 e. The van der Waals surface area contributed by atoms with Crippen LogP contribution in [-0.2, 0) is 17.7 Å². The molecule has 0 amide bonds. The second kappa shape index (κ2) is 10.3. The summed E-state index contributed by atoms with van der Waals surface area (Å²) in [5.74, 6) is 1.27. The molecule has 0 aromatic heterocycles. The van der Waals surface area contributed by atoms with Crippen molar-refractivity contribution in [2.45, 2.75) is 13.0 Å². The van der Waals surface area contributed by atoms with E-state index in [2.05, 4.69) is 22.4 Å². The normalized spacial score (nSPS) is 11.3. The summed E-state index contributed by atoms with van der Waals surface area (Å²) in [6.45, 7) is 2.39. The minimum absolute atomic E-state index is 0.455. The maximum atomic E-state index is 5.91. The van der Waals surface area contributed by atoms with Crippen molar-refractivity contribution in [1.82, 2.24) is 5.32 Å². The van der Waals surface area contributed by atoms with Crippen LogP contribution in [0.4, 0.5) is 0 Å². The summed E-state index contributed by atoms with van der Waals surface area (Å²) in [6.07, 6.45) is 0.917. The molecule has 3 N–H and O–H groups in total. The number of hydrogen-bond donors (Lipinski definition) is 2. The number of rotatable bonds is 9. The molecule has 0 unspecified atom stereocenters. The van der Waals surface area contributed by atoms with Gasteiger partial charge in [0.1, 0.15) is 12.4 Å². The Morgan fingerprint density at radius 1 is 1.04 bits per heavy atom. The summed E-state index contributed by atoms with van der Waals surface area (Å²) in [4.78, 5) is 4.37. The molecule has 0 atom stereocenters. The maximum absolute atomic E-state index is 5.91. The number of nitrogens with two attached hydrogens (primary N) is 1. The van der Waals surface area contributed by atoms with Crippen molar-refractivity contribution < 1.29 is 9.47 Å². The molecular weight excluding hydrogens is 302 g/mol. The molecule has 0 aliphatic carbocycles. The van der Waals surface area contributed by atoms with Gasteiger partial charge < -0.3 is 20.5 Å². The zero-order valence-electron chi connectivity index (χ0n) is 14.1. The van der Waals surface area contributed by atoms with Crippen LogP contribution < -0.4 is 15.8 Å². The lowest BCUT2D eigenvalue weighted by atomic mass is 10.1. The molecule has 0 heterocycles. The molecule has 0 saturated carbocycles. The number of nitrogens with zero attached hydrogens (tertiary/aromatic N) is 1. The molecule has 0 spiro atoms. The van der Waals surface area contributed by atoms with Gasteiger partial charge in [-0.2, -0.15) is 0 Å². The van der Waals surface area contributed by atoms with Gasteiger partial charge in [0.05, 0.1) is 13.2 Å². The van der Waals surface area contributed by atoms with E-state index in [1.54, 1.807) is 7.11 Å². The van der Waals surface area contributed by atoms with Gasteiger partial charge in [0, 0.05) is 13.7 Å². The highest BCUT2D eigenvalue weighted by molar-refractivity contribution is 5.77. The summed E-state index contributed by atoms with van der Waals surface area (Å²) >= 11 is 0. The highest BCUT2D eigenvalue weighted by atomic mass is 16.5. The monoisotopic (exact) mass is 327 g/mol. The predicted molar refractivity (Wildman–Crippen MR) is 97.3 cm³/mol. The van der Waals surface area contributed by atoms with Gasteiger partial charge in [-0.15, -0.1) is 0 Å². The number of benzene rings is 2. The second-order valence-electron chi connectivity index (χ2n) is 5.35. The largest absolute Gasteiger partial charge is 0.491 e. The maximum Gasteiger partial charge on any atom is 0.188 e. The zero-order chi connectivity index (χ0) is 17.0. The first-order valence-corrected chi connectivity index (χ1v) is 8.06. The van der Waals surface area contributed by atoms with Crippen LogP contribution in [0.1, 0.15) is 11.1 Å². The SMILES string of the molecule is COCCOc1cccc(CN=C(N)NCCc2ccccc2)c1.